The lowest BCUT2D eigenvalue weighted by molar-refractivity contribution is -0.143. The van der Waals surface area contributed by atoms with Crippen LogP contribution in [0.3, 0.4) is 0 Å². The van der Waals surface area contributed by atoms with Crippen molar-refractivity contribution in [2.75, 3.05) is 6.54 Å². The quantitative estimate of drug-likeness (QED) is 0.322. The molecule has 0 aliphatic carbocycles. The van der Waals surface area contributed by atoms with Crippen LogP contribution in [-0.2, 0) is 25.6 Å². The molecule has 0 aliphatic heterocycles. The van der Waals surface area contributed by atoms with Crippen LogP contribution in [0, 0.1) is 11.8 Å². The molecule has 9 nitrogen and oxygen atoms in total. The Morgan fingerprint density at radius 3 is 2.13 bits per heavy atom. The summed E-state index contributed by atoms with van der Waals surface area (Å²) in [4.78, 5) is 48.8. The SMILES string of the molecule is CCC(C)C(NC(=O)C(Cc1ccccc1)NC(=O)CNC(=O)C(N)C(C)C)C(=O)O. The Balaban J connectivity index is 2.88. The highest BCUT2D eigenvalue weighted by molar-refractivity contribution is 5.92. The number of rotatable bonds is 12. The van der Waals surface area contributed by atoms with Crippen LogP contribution in [0.15, 0.2) is 30.3 Å². The number of hydrogen-bond acceptors (Lipinski definition) is 5. The van der Waals surface area contributed by atoms with Gasteiger partial charge in [-0.25, -0.2) is 4.79 Å². The predicted molar refractivity (Wildman–Crippen MR) is 117 cm³/mol. The molecule has 0 bridgehead atoms. The Kier molecular flexibility index (Phi) is 10.7. The molecule has 0 spiro atoms. The third-order valence-electron chi connectivity index (χ3n) is 5.16. The van der Waals surface area contributed by atoms with E-state index in [2.05, 4.69) is 16.0 Å². The van der Waals surface area contributed by atoms with Crippen LogP contribution in [0.4, 0.5) is 0 Å². The molecule has 4 atom stereocenters. The van der Waals surface area contributed by atoms with Gasteiger partial charge in [0.25, 0.3) is 0 Å². The third-order valence-corrected chi connectivity index (χ3v) is 5.16. The first-order chi connectivity index (χ1) is 14.6. The molecule has 9 heteroatoms. The largest absolute Gasteiger partial charge is 0.480 e. The Labute approximate surface area is 183 Å². The first kappa shape index (κ1) is 26.1. The summed E-state index contributed by atoms with van der Waals surface area (Å²) < 4.78 is 0. The highest BCUT2D eigenvalue weighted by Crippen LogP contribution is 2.10. The first-order valence-corrected chi connectivity index (χ1v) is 10.5. The van der Waals surface area contributed by atoms with E-state index in [1.807, 2.05) is 13.0 Å². The van der Waals surface area contributed by atoms with Gasteiger partial charge in [-0.1, -0.05) is 64.4 Å². The number of benzene rings is 1. The van der Waals surface area contributed by atoms with Crippen LogP contribution in [0.5, 0.6) is 0 Å². The molecule has 31 heavy (non-hydrogen) atoms. The molecule has 0 heterocycles. The van der Waals surface area contributed by atoms with Crippen LogP contribution in [-0.4, -0.2) is 53.5 Å². The Hall–Kier alpha value is -2.94. The van der Waals surface area contributed by atoms with E-state index in [0.29, 0.717) is 6.42 Å². The normalized spacial score (nSPS) is 14.8. The van der Waals surface area contributed by atoms with Gasteiger partial charge in [0.15, 0.2) is 0 Å². The number of carbonyl (C=O) groups excluding carboxylic acids is 3. The number of aliphatic carboxylic acids is 1. The van der Waals surface area contributed by atoms with E-state index in [4.69, 9.17) is 5.73 Å². The summed E-state index contributed by atoms with van der Waals surface area (Å²) in [6.45, 7) is 6.81. The molecular formula is C22H34N4O5. The Morgan fingerprint density at radius 1 is 1.00 bits per heavy atom. The smallest absolute Gasteiger partial charge is 0.326 e. The molecule has 6 N–H and O–H groups in total. The van der Waals surface area contributed by atoms with Gasteiger partial charge >= 0.3 is 5.97 Å². The number of hydrogen-bond donors (Lipinski definition) is 5. The molecule has 0 aromatic heterocycles. The van der Waals surface area contributed by atoms with Crippen molar-refractivity contribution in [3.8, 4) is 0 Å². The maximum Gasteiger partial charge on any atom is 0.326 e. The van der Waals surface area contributed by atoms with Crippen LogP contribution in [0.25, 0.3) is 0 Å². The minimum absolute atomic E-state index is 0.0897. The van der Waals surface area contributed by atoms with Crippen molar-refractivity contribution < 1.29 is 24.3 Å². The maximum absolute atomic E-state index is 12.9. The van der Waals surface area contributed by atoms with Gasteiger partial charge in [-0.05, 0) is 17.4 Å². The Morgan fingerprint density at radius 2 is 1.61 bits per heavy atom. The van der Waals surface area contributed by atoms with E-state index in [1.54, 1.807) is 45.0 Å². The van der Waals surface area contributed by atoms with E-state index >= 15 is 0 Å². The summed E-state index contributed by atoms with van der Waals surface area (Å²) in [5.41, 5.74) is 6.55. The summed E-state index contributed by atoms with van der Waals surface area (Å²) >= 11 is 0. The monoisotopic (exact) mass is 434 g/mol. The van der Waals surface area contributed by atoms with Crippen molar-refractivity contribution in [2.24, 2.45) is 17.6 Å². The number of nitrogens with two attached hydrogens (primary N) is 1. The fourth-order valence-electron chi connectivity index (χ4n) is 2.83. The van der Waals surface area contributed by atoms with Gasteiger partial charge in [0.2, 0.25) is 17.7 Å². The summed E-state index contributed by atoms with van der Waals surface area (Å²) in [5.74, 6) is -3.15. The first-order valence-electron chi connectivity index (χ1n) is 10.5. The zero-order valence-corrected chi connectivity index (χ0v) is 18.6. The number of nitrogens with one attached hydrogen (secondary N) is 3. The van der Waals surface area contributed by atoms with Crippen molar-refractivity contribution in [1.29, 1.82) is 0 Å². The number of carboxylic acid groups (broad SMARTS) is 1. The second-order valence-electron chi connectivity index (χ2n) is 8.01. The van der Waals surface area contributed by atoms with Crippen LogP contribution < -0.4 is 21.7 Å². The molecule has 172 valence electrons. The van der Waals surface area contributed by atoms with Gasteiger partial charge in [0.1, 0.15) is 12.1 Å². The van der Waals surface area contributed by atoms with E-state index in [9.17, 15) is 24.3 Å². The minimum atomic E-state index is -1.14. The van der Waals surface area contributed by atoms with Crippen molar-refractivity contribution in [1.82, 2.24) is 16.0 Å². The molecular weight excluding hydrogens is 400 g/mol. The molecule has 0 saturated heterocycles. The van der Waals surface area contributed by atoms with E-state index in [1.165, 1.54) is 0 Å². The maximum atomic E-state index is 12.9. The summed E-state index contributed by atoms with van der Waals surface area (Å²) in [6, 6.07) is 6.22. The topological polar surface area (TPSA) is 151 Å². The number of carbonyl (C=O) groups is 4. The van der Waals surface area contributed by atoms with E-state index in [0.717, 1.165) is 5.56 Å². The zero-order chi connectivity index (χ0) is 23.6. The van der Waals surface area contributed by atoms with Gasteiger partial charge in [-0.15, -0.1) is 0 Å². The van der Waals surface area contributed by atoms with Crippen molar-refractivity contribution in [3.63, 3.8) is 0 Å². The lowest BCUT2D eigenvalue weighted by Gasteiger charge is -2.24. The fraction of sp³-hybridized carbons (Fsp3) is 0.545. The summed E-state index contributed by atoms with van der Waals surface area (Å²) in [6.07, 6.45) is 0.736. The molecule has 3 amide bonds. The predicted octanol–water partition coefficient (Wildman–Crippen LogP) is 0.429. The molecule has 1 aromatic rings. The fourth-order valence-corrected chi connectivity index (χ4v) is 2.83. The molecule has 0 fully saturated rings. The highest BCUT2D eigenvalue weighted by Gasteiger charge is 2.30. The number of amides is 3. The molecule has 4 unspecified atom stereocenters. The van der Waals surface area contributed by atoms with Gasteiger partial charge in [0, 0.05) is 6.42 Å². The van der Waals surface area contributed by atoms with Gasteiger partial charge in [-0.3, -0.25) is 14.4 Å². The van der Waals surface area contributed by atoms with Crippen molar-refractivity contribution in [3.05, 3.63) is 35.9 Å². The second kappa shape index (κ2) is 12.7. The van der Waals surface area contributed by atoms with E-state index < -0.39 is 41.8 Å². The number of carboxylic acids is 1. The van der Waals surface area contributed by atoms with Gasteiger partial charge < -0.3 is 26.8 Å². The second-order valence-corrected chi connectivity index (χ2v) is 8.01. The van der Waals surface area contributed by atoms with Crippen LogP contribution in [0.2, 0.25) is 0 Å². The summed E-state index contributed by atoms with van der Waals surface area (Å²) in [5, 5.41) is 17.0. The van der Waals surface area contributed by atoms with Gasteiger partial charge in [-0.2, -0.15) is 0 Å². The minimum Gasteiger partial charge on any atom is -0.480 e. The van der Waals surface area contributed by atoms with Crippen molar-refractivity contribution >= 4 is 23.7 Å². The molecule has 0 radical (unpaired) electrons. The molecule has 1 rings (SSSR count). The molecule has 0 aliphatic rings. The van der Waals surface area contributed by atoms with Gasteiger partial charge in [0.05, 0.1) is 12.6 Å². The lowest BCUT2D eigenvalue weighted by atomic mass is 9.98. The highest BCUT2D eigenvalue weighted by atomic mass is 16.4. The van der Waals surface area contributed by atoms with Crippen LogP contribution in [0.1, 0.15) is 39.7 Å². The van der Waals surface area contributed by atoms with E-state index in [-0.39, 0.29) is 24.8 Å². The standard InChI is InChI=1S/C22H34N4O5/c1-5-14(4)19(22(30)31)26-20(28)16(11-15-9-7-6-8-10-15)25-17(27)12-24-21(29)18(23)13(2)3/h6-10,13-14,16,18-19H,5,11-12,23H2,1-4H3,(H,24,29)(H,25,27)(H,26,28)(H,30,31). The average molecular weight is 435 g/mol. The van der Waals surface area contributed by atoms with Crippen LogP contribution >= 0.6 is 0 Å². The zero-order valence-electron chi connectivity index (χ0n) is 18.6. The molecule has 0 saturated carbocycles. The molecule has 1 aromatic carbocycles. The Bertz CT molecular complexity index is 754. The average Bonchev–Trinajstić information content (AvgIpc) is 2.74. The van der Waals surface area contributed by atoms with Crippen molar-refractivity contribution in [2.45, 2.75) is 58.7 Å². The lowest BCUT2D eigenvalue weighted by Crippen LogP contribution is -2.55. The third kappa shape index (κ3) is 8.75. The summed E-state index contributed by atoms with van der Waals surface area (Å²) in [7, 11) is 0.